The molecule has 3 saturated carbocycles. The molecule has 1 aromatic carbocycles. The Morgan fingerprint density at radius 3 is 2.38 bits per heavy atom. The van der Waals surface area contributed by atoms with E-state index in [0.717, 1.165) is 51.0 Å². The molecule has 2 amide bonds. The van der Waals surface area contributed by atoms with Crippen LogP contribution < -0.4 is 5.73 Å². The zero-order valence-corrected chi connectivity index (χ0v) is 18.4. The maximum absolute atomic E-state index is 13.4. The van der Waals surface area contributed by atoms with Crippen LogP contribution in [0.25, 0.3) is 0 Å². The zero-order chi connectivity index (χ0) is 22.5. The molecule has 2 bridgehead atoms. The first kappa shape index (κ1) is 21.1. The highest BCUT2D eigenvalue weighted by Gasteiger charge is 2.71. The molecule has 6 nitrogen and oxygen atoms in total. The van der Waals surface area contributed by atoms with Crippen LogP contribution in [0.4, 0.5) is 4.39 Å². The first-order chi connectivity index (χ1) is 15.3. The third-order valence-corrected chi connectivity index (χ3v) is 7.94. The molecule has 6 rings (SSSR count). The van der Waals surface area contributed by atoms with Crippen molar-refractivity contribution < 1.29 is 14.0 Å². The number of hydrogen-bond donors (Lipinski definition) is 1. The molecule has 168 valence electrons. The molecule has 1 unspecified atom stereocenters. The number of halogens is 1. The predicted molar refractivity (Wildman–Crippen MR) is 119 cm³/mol. The molecular weight excluding hydrogens is 407 g/mol. The summed E-state index contributed by atoms with van der Waals surface area (Å²) in [7, 11) is 2.06. The lowest BCUT2D eigenvalue weighted by atomic mass is 9.30. The molecule has 2 N–H and O–H groups in total. The summed E-state index contributed by atoms with van der Waals surface area (Å²) in [6.45, 7) is 3.18. The fraction of sp³-hybridized carbons (Fsp3) is 0.480. The van der Waals surface area contributed by atoms with Crippen LogP contribution in [-0.2, 0) is 10.2 Å². The average Bonchev–Trinajstić information content (AvgIpc) is 2.73. The summed E-state index contributed by atoms with van der Waals surface area (Å²) in [6.07, 6.45) is 4.76. The molecular formula is C25H29FN4O2. The normalized spacial score (nSPS) is 27.9. The first-order valence-electron chi connectivity index (χ1n) is 11.3. The second-order valence-electron chi connectivity index (χ2n) is 9.92. The van der Waals surface area contributed by atoms with Crippen molar-refractivity contribution in [2.75, 3.05) is 33.2 Å². The third kappa shape index (κ3) is 3.39. The Labute approximate surface area is 187 Å². The van der Waals surface area contributed by atoms with Crippen LogP contribution in [0.2, 0.25) is 0 Å². The molecule has 2 heterocycles. The van der Waals surface area contributed by atoms with E-state index in [1.165, 1.54) is 12.1 Å². The predicted octanol–water partition coefficient (Wildman–Crippen LogP) is 2.69. The highest BCUT2D eigenvalue weighted by Crippen LogP contribution is 2.78. The van der Waals surface area contributed by atoms with Crippen LogP contribution >= 0.6 is 0 Å². The maximum atomic E-state index is 13.4. The highest BCUT2D eigenvalue weighted by atomic mass is 19.1. The van der Waals surface area contributed by atoms with Gasteiger partial charge in [-0.05, 0) is 67.0 Å². The van der Waals surface area contributed by atoms with Crippen molar-refractivity contribution >= 4 is 11.8 Å². The van der Waals surface area contributed by atoms with E-state index in [0.29, 0.717) is 17.7 Å². The summed E-state index contributed by atoms with van der Waals surface area (Å²) in [5.41, 5.74) is 7.85. The monoisotopic (exact) mass is 436 g/mol. The summed E-state index contributed by atoms with van der Waals surface area (Å²) in [5.74, 6) is -0.777. The molecule has 0 spiro atoms. The summed E-state index contributed by atoms with van der Waals surface area (Å²) < 4.78 is 13.4. The minimum atomic E-state index is -0.509. The number of amides is 2. The van der Waals surface area contributed by atoms with Gasteiger partial charge in [-0.3, -0.25) is 14.6 Å². The molecule has 1 saturated heterocycles. The minimum absolute atomic E-state index is 0.0461. The number of nitrogens with zero attached hydrogens (tertiary/aromatic N) is 3. The number of benzene rings is 1. The summed E-state index contributed by atoms with van der Waals surface area (Å²) in [6, 6.07) is 10.2. The summed E-state index contributed by atoms with van der Waals surface area (Å²) in [5, 5.41) is 0. The first-order valence-corrected chi connectivity index (χ1v) is 11.3. The number of hydrogen-bond acceptors (Lipinski definition) is 4. The quantitative estimate of drug-likeness (QED) is 0.755. The molecule has 1 aliphatic heterocycles. The molecule has 32 heavy (non-hydrogen) atoms. The Balaban J connectivity index is 1.41. The molecule has 1 aromatic heterocycles. The van der Waals surface area contributed by atoms with Crippen molar-refractivity contribution in [2.45, 2.75) is 37.0 Å². The molecule has 4 aliphatic rings. The van der Waals surface area contributed by atoms with E-state index in [2.05, 4.69) is 16.9 Å². The number of carbonyl (C=O) groups excluding carboxylic acids is 2. The lowest BCUT2D eigenvalue weighted by Crippen LogP contribution is -2.67. The van der Waals surface area contributed by atoms with E-state index in [4.69, 9.17) is 5.73 Å². The van der Waals surface area contributed by atoms with E-state index >= 15 is 0 Å². The second-order valence-corrected chi connectivity index (χ2v) is 9.92. The Bertz CT molecular complexity index is 1030. The fourth-order valence-electron chi connectivity index (χ4n) is 6.21. The SMILES string of the molecule is CN1CCN(C(=O)CC(c2ncccc2C(N)=O)C23CC(c4ccc(F)cc4)(C2)C3)CC1. The standard InChI is InChI=1S/C25H29FN4O2/c1-29-9-11-30(12-10-29)21(31)13-20(22-19(23(27)32)3-2-8-28-22)25-14-24(15-25,16-25)17-4-6-18(26)7-5-17/h2-8,20H,9-16H2,1H3,(H2,27,32). The maximum Gasteiger partial charge on any atom is 0.250 e. The Kier molecular flexibility index (Phi) is 5.04. The summed E-state index contributed by atoms with van der Waals surface area (Å²) >= 11 is 0. The number of rotatable bonds is 6. The van der Waals surface area contributed by atoms with Gasteiger partial charge in [-0.15, -0.1) is 0 Å². The molecule has 2 aromatic rings. The van der Waals surface area contributed by atoms with Gasteiger partial charge >= 0.3 is 0 Å². The van der Waals surface area contributed by atoms with Gasteiger partial charge < -0.3 is 15.5 Å². The minimum Gasteiger partial charge on any atom is -0.366 e. The Morgan fingerprint density at radius 2 is 1.75 bits per heavy atom. The van der Waals surface area contributed by atoms with Crippen molar-refractivity contribution in [3.05, 3.63) is 65.2 Å². The van der Waals surface area contributed by atoms with E-state index in [-0.39, 0.29) is 28.5 Å². The van der Waals surface area contributed by atoms with Gasteiger partial charge in [-0.25, -0.2) is 4.39 Å². The lowest BCUT2D eigenvalue weighted by Gasteiger charge is -2.74. The molecule has 4 fully saturated rings. The smallest absolute Gasteiger partial charge is 0.250 e. The van der Waals surface area contributed by atoms with E-state index in [1.807, 2.05) is 17.0 Å². The number of nitrogens with two attached hydrogens (primary N) is 1. The van der Waals surface area contributed by atoms with Gasteiger partial charge in [-0.2, -0.15) is 0 Å². The van der Waals surface area contributed by atoms with Crippen LogP contribution in [0.3, 0.4) is 0 Å². The number of likely N-dealkylation sites (N-methyl/N-ethyl adjacent to an activating group) is 1. The lowest BCUT2D eigenvalue weighted by molar-refractivity contribution is -0.168. The third-order valence-electron chi connectivity index (χ3n) is 7.94. The van der Waals surface area contributed by atoms with Crippen LogP contribution in [0, 0.1) is 11.2 Å². The molecule has 7 heteroatoms. The van der Waals surface area contributed by atoms with Gasteiger partial charge in [0.25, 0.3) is 5.91 Å². The van der Waals surface area contributed by atoms with Crippen molar-refractivity contribution in [3.8, 4) is 0 Å². The second kappa shape index (κ2) is 7.66. The van der Waals surface area contributed by atoms with Crippen molar-refractivity contribution in [1.82, 2.24) is 14.8 Å². The number of pyridine rings is 1. The molecule has 3 aliphatic carbocycles. The van der Waals surface area contributed by atoms with E-state index in [9.17, 15) is 14.0 Å². The van der Waals surface area contributed by atoms with Gasteiger partial charge in [0.05, 0.1) is 11.3 Å². The van der Waals surface area contributed by atoms with Gasteiger partial charge in [0, 0.05) is 44.7 Å². The van der Waals surface area contributed by atoms with Crippen LogP contribution in [-0.4, -0.2) is 59.8 Å². The van der Waals surface area contributed by atoms with Crippen molar-refractivity contribution in [2.24, 2.45) is 11.1 Å². The van der Waals surface area contributed by atoms with Crippen LogP contribution in [0.5, 0.6) is 0 Å². The number of carbonyl (C=O) groups is 2. The van der Waals surface area contributed by atoms with Crippen LogP contribution in [0.1, 0.15) is 53.2 Å². The topological polar surface area (TPSA) is 79.5 Å². The van der Waals surface area contributed by atoms with Gasteiger partial charge in [0.15, 0.2) is 0 Å². The highest BCUT2D eigenvalue weighted by molar-refractivity contribution is 5.94. The Hall–Kier alpha value is -2.80. The van der Waals surface area contributed by atoms with Crippen molar-refractivity contribution in [3.63, 3.8) is 0 Å². The van der Waals surface area contributed by atoms with Crippen molar-refractivity contribution in [1.29, 1.82) is 0 Å². The zero-order valence-electron chi connectivity index (χ0n) is 18.4. The number of aromatic nitrogens is 1. The van der Waals surface area contributed by atoms with E-state index < -0.39 is 5.91 Å². The fourth-order valence-corrected chi connectivity index (χ4v) is 6.21. The molecule has 1 atom stereocenters. The number of piperazine rings is 1. The summed E-state index contributed by atoms with van der Waals surface area (Å²) in [4.78, 5) is 34.2. The van der Waals surface area contributed by atoms with Gasteiger partial charge in [0.1, 0.15) is 5.82 Å². The largest absolute Gasteiger partial charge is 0.366 e. The van der Waals surface area contributed by atoms with Gasteiger partial charge in [0.2, 0.25) is 5.91 Å². The Morgan fingerprint density at radius 1 is 1.09 bits per heavy atom. The van der Waals surface area contributed by atoms with Crippen LogP contribution in [0.15, 0.2) is 42.6 Å². The number of primary amides is 1. The molecule has 0 radical (unpaired) electrons. The van der Waals surface area contributed by atoms with E-state index in [1.54, 1.807) is 18.3 Å². The average molecular weight is 437 g/mol. The van der Waals surface area contributed by atoms with Gasteiger partial charge in [-0.1, -0.05) is 12.1 Å².